The molecule has 1 aliphatic carbocycles. The van der Waals surface area contributed by atoms with Crippen molar-refractivity contribution in [2.24, 2.45) is 0 Å². The first-order valence-corrected chi connectivity index (χ1v) is 9.24. The molecule has 1 amide bonds. The molecule has 0 unspecified atom stereocenters. The summed E-state index contributed by atoms with van der Waals surface area (Å²) in [6.07, 6.45) is 7.69. The Balaban J connectivity index is 1.55. The highest BCUT2D eigenvalue weighted by molar-refractivity contribution is 5.95. The van der Waals surface area contributed by atoms with Crippen LogP contribution in [0.1, 0.15) is 23.2 Å². The van der Waals surface area contributed by atoms with Gasteiger partial charge in [-0.3, -0.25) is 9.20 Å². The van der Waals surface area contributed by atoms with Crippen LogP contribution in [-0.2, 0) is 0 Å². The standard InChI is InChI=1S/C20H24N6O/c1-25(2)11-9-21-18-19-23-13-17(26(19)12-10-22-18)14-3-5-15(6-4-14)20(27)24-16-7-8-16/h3-6,10,12-13,16H,7-9,11H2,1-2H3,(H,21,22)(H,24,27). The van der Waals surface area contributed by atoms with Crippen LogP contribution in [-0.4, -0.2) is 58.4 Å². The quantitative estimate of drug-likeness (QED) is 0.673. The number of hydrogen-bond donors (Lipinski definition) is 2. The van der Waals surface area contributed by atoms with Gasteiger partial charge in [-0.2, -0.15) is 0 Å². The number of aromatic nitrogens is 3. The second-order valence-corrected chi connectivity index (χ2v) is 7.17. The van der Waals surface area contributed by atoms with Crippen molar-refractivity contribution >= 4 is 17.4 Å². The molecular weight excluding hydrogens is 340 g/mol. The van der Waals surface area contributed by atoms with Crippen LogP contribution in [0.5, 0.6) is 0 Å². The van der Waals surface area contributed by atoms with Crippen LogP contribution >= 0.6 is 0 Å². The molecule has 1 aliphatic rings. The van der Waals surface area contributed by atoms with Gasteiger partial charge in [-0.1, -0.05) is 12.1 Å². The molecule has 0 bridgehead atoms. The molecule has 2 aromatic heterocycles. The van der Waals surface area contributed by atoms with Crippen molar-refractivity contribution in [3.63, 3.8) is 0 Å². The van der Waals surface area contributed by atoms with Crippen molar-refractivity contribution in [3.8, 4) is 11.3 Å². The molecule has 7 nitrogen and oxygen atoms in total. The van der Waals surface area contributed by atoms with Gasteiger partial charge in [-0.05, 0) is 39.1 Å². The number of fused-ring (bicyclic) bond motifs is 1. The van der Waals surface area contributed by atoms with E-state index in [1.54, 1.807) is 6.20 Å². The summed E-state index contributed by atoms with van der Waals surface area (Å²) in [7, 11) is 4.08. The molecule has 27 heavy (non-hydrogen) atoms. The highest BCUT2D eigenvalue weighted by Crippen LogP contribution is 2.24. The summed E-state index contributed by atoms with van der Waals surface area (Å²) in [4.78, 5) is 23.2. The number of benzene rings is 1. The normalized spacial score (nSPS) is 13.9. The summed E-state index contributed by atoms with van der Waals surface area (Å²) >= 11 is 0. The molecule has 7 heteroatoms. The Bertz CT molecular complexity index is 943. The van der Waals surface area contributed by atoms with Crippen LogP contribution < -0.4 is 10.6 Å². The van der Waals surface area contributed by atoms with E-state index in [0.29, 0.717) is 11.6 Å². The molecule has 2 heterocycles. The molecule has 0 saturated heterocycles. The Hall–Kier alpha value is -2.93. The van der Waals surface area contributed by atoms with Crippen molar-refractivity contribution in [3.05, 3.63) is 48.4 Å². The fraction of sp³-hybridized carbons (Fsp3) is 0.350. The van der Waals surface area contributed by atoms with Crippen LogP contribution in [0.3, 0.4) is 0 Å². The molecule has 4 rings (SSSR count). The third-order valence-electron chi connectivity index (χ3n) is 4.63. The lowest BCUT2D eigenvalue weighted by molar-refractivity contribution is 0.0951. The molecule has 1 aromatic carbocycles. The van der Waals surface area contributed by atoms with E-state index in [1.807, 2.05) is 55.2 Å². The number of carbonyl (C=O) groups excluding carboxylic acids is 1. The maximum absolute atomic E-state index is 12.1. The molecule has 0 aliphatic heterocycles. The predicted molar refractivity (Wildman–Crippen MR) is 106 cm³/mol. The number of likely N-dealkylation sites (N-methyl/N-ethyl adjacent to an activating group) is 1. The zero-order chi connectivity index (χ0) is 18.8. The first-order chi connectivity index (χ1) is 13.1. The van der Waals surface area contributed by atoms with Gasteiger partial charge in [0.05, 0.1) is 11.9 Å². The topological polar surface area (TPSA) is 74.6 Å². The molecule has 1 fully saturated rings. The van der Waals surface area contributed by atoms with Gasteiger partial charge in [0.1, 0.15) is 0 Å². The predicted octanol–water partition coefficient (Wildman–Crippen LogP) is 2.26. The molecule has 140 valence electrons. The summed E-state index contributed by atoms with van der Waals surface area (Å²) < 4.78 is 2.02. The van der Waals surface area contributed by atoms with Crippen LogP contribution in [0, 0.1) is 0 Å². The molecule has 2 N–H and O–H groups in total. The van der Waals surface area contributed by atoms with Crippen molar-refractivity contribution in [1.82, 2.24) is 24.6 Å². The third-order valence-corrected chi connectivity index (χ3v) is 4.63. The number of amides is 1. The lowest BCUT2D eigenvalue weighted by Gasteiger charge is -2.11. The number of carbonyl (C=O) groups is 1. The molecule has 1 saturated carbocycles. The molecule has 0 radical (unpaired) electrons. The summed E-state index contributed by atoms with van der Waals surface area (Å²) in [5.41, 5.74) is 3.46. The third kappa shape index (κ3) is 3.93. The van der Waals surface area contributed by atoms with Gasteiger partial charge in [0.25, 0.3) is 5.91 Å². The van der Waals surface area contributed by atoms with Gasteiger partial charge in [0.15, 0.2) is 11.5 Å². The lowest BCUT2D eigenvalue weighted by atomic mass is 10.1. The Morgan fingerprint density at radius 2 is 2.00 bits per heavy atom. The van der Waals surface area contributed by atoms with E-state index in [1.165, 1.54) is 0 Å². The summed E-state index contributed by atoms with van der Waals surface area (Å²) in [5, 5.41) is 6.36. The minimum absolute atomic E-state index is 0.00114. The van der Waals surface area contributed by atoms with Gasteiger partial charge >= 0.3 is 0 Å². The largest absolute Gasteiger partial charge is 0.366 e. The van der Waals surface area contributed by atoms with Gasteiger partial charge < -0.3 is 15.5 Å². The molecular formula is C20H24N6O. The second-order valence-electron chi connectivity index (χ2n) is 7.17. The smallest absolute Gasteiger partial charge is 0.251 e. The number of nitrogens with zero attached hydrogens (tertiary/aromatic N) is 4. The van der Waals surface area contributed by atoms with Crippen molar-refractivity contribution < 1.29 is 4.79 Å². The number of imidazole rings is 1. The van der Waals surface area contributed by atoms with Crippen molar-refractivity contribution in [2.45, 2.75) is 18.9 Å². The van der Waals surface area contributed by atoms with E-state index in [9.17, 15) is 4.79 Å². The van der Waals surface area contributed by atoms with E-state index in [0.717, 1.165) is 48.7 Å². The van der Waals surface area contributed by atoms with Crippen LogP contribution in [0.2, 0.25) is 0 Å². The fourth-order valence-electron chi connectivity index (χ4n) is 2.94. The molecule has 3 aromatic rings. The van der Waals surface area contributed by atoms with E-state index in [2.05, 4.69) is 25.5 Å². The van der Waals surface area contributed by atoms with Crippen molar-refractivity contribution in [1.29, 1.82) is 0 Å². The number of hydrogen-bond acceptors (Lipinski definition) is 5. The lowest BCUT2D eigenvalue weighted by Crippen LogP contribution is -2.25. The van der Waals surface area contributed by atoms with Gasteiger partial charge in [-0.25, -0.2) is 9.97 Å². The maximum atomic E-state index is 12.1. The summed E-state index contributed by atoms with van der Waals surface area (Å²) in [5.74, 6) is 0.768. The highest BCUT2D eigenvalue weighted by Gasteiger charge is 2.23. The number of nitrogens with one attached hydrogen (secondary N) is 2. The molecule has 0 spiro atoms. The van der Waals surface area contributed by atoms with E-state index in [-0.39, 0.29) is 5.91 Å². The van der Waals surface area contributed by atoms with Gasteiger partial charge in [0, 0.05) is 42.7 Å². The van der Waals surface area contributed by atoms with Gasteiger partial charge in [-0.15, -0.1) is 0 Å². The Kier molecular flexibility index (Phi) is 4.77. The zero-order valence-electron chi connectivity index (χ0n) is 15.6. The monoisotopic (exact) mass is 364 g/mol. The summed E-state index contributed by atoms with van der Waals surface area (Å²) in [6, 6.07) is 8.02. The first kappa shape index (κ1) is 17.5. The van der Waals surface area contributed by atoms with Crippen molar-refractivity contribution in [2.75, 3.05) is 32.5 Å². The van der Waals surface area contributed by atoms with Crippen LogP contribution in [0.25, 0.3) is 16.9 Å². The second kappa shape index (κ2) is 7.36. The fourth-order valence-corrected chi connectivity index (χ4v) is 2.94. The van der Waals surface area contributed by atoms with E-state index >= 15 is 0 Å². The SMILES string of the molecule is CN(C)CCNc1nccn2c(-c3ccc(C(=O)NC4CC4)cc3)cnc12. The maximum Gasteiger partial charge on any atom is 0.251 e. The highest BCUT2D eigenvalue weighted by atomic mass is 16.1. The van der Waals surface area contributed by atoms with Crippen LogP contribution in [0.15, 0.2) is 42.9 Å². The number of anilines is 1. The van der Waals surface area contributed by atoms with E-state index in [4.69, 9.17) is 0 Å². The Morgan fingerprint density at radius 1 is 1.22 bits per heavy atom. The molecule has 0 atom stereocenters. The average molecular weight is 364 g/mol. The van der Waals surface area contributed by atoms with E-state index < -0.39 is 0 Å². The first-order valence-electron chi connectivity index (χ1n) is 9.24. The minimum Gasteiger partial charge on any atom is -0.366 e. The van der Waals surface area contributed by atoms with Gasteiger partial charge in [0.2, 0.25) is 0 Å². The average Bonchev–Trinajstić information content (AvgIpc) is 3.37. The zero-order valence-corrected chi connectivity index (χ0v) is 15.6. The minimum atomic E-state index is -0.00114. The summed E-state index contributed by atoms with van der Waals surface area (Å²) in [6.45, 7) is 1.72. The number of rotatable bonds is 7. The Morgan fingerprint density at radius 3 is 2.70 bits per heavy atom. The Labute approximate surface area is 158 Å². The van der Waals surface area contributed by atoms with Crippen LogP contribution in [0.4, 0.5) is 5.82 Å².